The van der Waals surface area contributed by atoms with Crippen LogP contribution in [0.2, 0.25) is 0 Å². The molecule has 2 rings (SSSR count). The van der Waals surface area contributed by atoms with E-state index in [0.717, 1.165) is 12.5 Å². The average molecular weight is 209 g/mol. The lowest BCUT2D eigenvalue weighted by Gasteiger charge is -2.27. The third-order valence-corrected chi connectivity index (χ3v) is 3.82. The van der Waals surface area contributed by atoms with Crippen molar-refractivity contribution in [3.63, 3.8) is 0 Å². The standard InChI is InChI=1S/C11H15NOS/c1-13-12-6-9-4-2-3-5-11(9)10-7-14-8-10/h2-5,10,12H,6-8H2,1H3. The molecule has 0 unspecified atom stereocenters. The van der Waals surface area contributed by atoms with E-state index in [0.29, 0.717) is 0 Å². The van der Waals surface area contributed by atoms with E-state index in [9.17, 15) is 0 Å². The summed E-state index contributed by atoms with van der Waals surface area (Å²) < 4.78 is 0. The second-order valence-electron chi connectivity index (χ2n) is 3.46. The predicted octanol–water partition coefficient (Wildman–Crippen LogP) is 2.17. The fourth-order valence-electron chi connectivity index (χ4n) is 1.66. The molecule has 1 fully saturated rings. The van der Waals surface area contributed by atoms with Crippen LogP contribution < -0.4 is 5.48 Å². The number of hydroxylamine groups is 1. The number of hydrogen-bond acceptors (Lipinski definition) is 3. The summed E-state index contributed by atoms with van der Waals surface area (Å²) in [5.41, 5.74) is 5.74. The number of nitrogens with one attached hydrogen (secondary N) is 1. The molecule has 1 saturated heterocycles. The van der Waals surface area contributed by atoms with Gasteiger partial charge >= 0.3 is 0 Å². The Balaban J connectivity index is 2.11. The van der Waals surface area contributed by atoms with Gasteiger partial charge in [-0.05, 0) is 11.1 Å². The Labute approximate surface area is 89.0 Å². The minimum atomic E-state index is 0.759. The van der Waals surface area contributed by atoms with Crippen LogP contribution in [0, 0.1) is 0 Å². The Morgan fingerprint density at radius 3 is 2.86 bits per heavy atom. The summed E-state index contributed by atoms with van der Waals surface area (Å²) in [4.78, 5) is 4.88. The van der Waals surface area contributed by atoms with Gasteiger partial charge < -0.3 is 4.84 Å². The van der Waals surface area contributed by atoms with Crippen LogP contribution in [-0.2, 0) is 11.4 Å². The van der Waals surface area contributed by atoms with Crippen molar-refractivity contribution in [2.75, 3.05) is 18.6 Å². The molecule has 0 aliphatic carbocycles. The van der Waals surface area contributed by atoms with E-state index in [1.807, 2.05) is 11.8 Å². The molecule has 1 aliphatic rings. The van der Waals surface area contributed by atoms with E-state index in [1.165, 1.54) is 22.6 Å². The molecule has 1 heterocycles. The second-order valence-corrected chi connectivity index (χ2v) is 4.53. The highest BCUT2D eigenvalue weighted by molar-refractivity contribution is 8.00. The van der Waals surface area contributed by atoms with Gasteiger partial charge in [-0.15, -0.1) is 0 Å². The van der Waals surface area contributed by atoms with E-state index in [1.54, 1.807) is 7.11 Å². The third-order valence-electron chi connectivity index (χ3n) is 2.54. The molecule has 14 heavy (non-hydrogen) atoms. The molecule has 0 spiro atoms. The quantitative estimate of drug-likeness (QED) is 0.768. The molecule has 3 heteroatoms. The fraction of sp³-hybridized carbons (Fsp3) is 0.455. The van der Waals surface area contributed by atoms with Crippen LogP contribution in [0.3, 0.4) is 0 Å². The topological polar surface area (TPSA) is 21.3 Å². The van der Waals surface area contributed by atoms with E-state index in [2.05, 4.69) is 29.7 Å². The number of rotatable bonds is 4. The normalized spacial score (nSPS) is 16.6. The lowest BCUT2D eigenvalue weighted by molar-refractivity contribution is 0.0865. The van der Waals surface area contributed by atoms with Gasteiger partial charge in [0, 0.05) is 24.0 Å². The predicted molar refractivity (Wildman–Crippen MR) is 60.4 cm³/mol. The maximum atomic E-state index is 4.88. The first-order valence-corrected chi connectivity index (χ1v) is 5.98. The summed E-state index contributed by atoms with van der Waals surface area (Å²) in [5.74, 6) is 3.29. The highest BCUT2D eigenvalue weighted by atomic mass is 32.2. The summed E-state index contributed by atoms with van der Waals surface area (Å²) in [6.07, 6.45) is 0. The maximum Gasteiger partial charge on any atom is 0.0572 e. The van der Waals surface area contributed by atoms with Crippen LogP contribution in [0.1, 0.15) is 17.0 Å². The smallest absolute Gasteiger partial charge is 0.0572 e. The van der Waals surface area contributed by atoms with Crippen LogP contribution >= 0.6 is 11.8 Å². The number of benzene rings is 1. The van der Waals surface area contributed by atoms with Gasteiger partial charge in [0.25, 0.3) is 0 Å². The largest absolute Gasteiger partial charge is 0.305 e. The van der Waals surface area contributed by atoms with E-state index >= 15 is 0 Å². The molecule has 0 amide bonds. The van der Waals surface area contributed by atoms with Gasteiger partial charge in [0.15, 0.2) is 0 Å². The second kappa shape index (κ2) is 4.82. The summed E-state index contributed by atoms with van der Waals surface area (Å²) in [5, 5.41) is 0. The molecule has 1 N–H and O–H groups in total. The minimum Gasteiger partial charge on any atom is -0.305 e. The molecule has 1 aromatic rings. The zero-order valence-electron chi connectivity index (χ0n) is 8.32. The van der Waals surface area contributed by atoms with E-state index in [4.69, 9.17) is 4.84 Å². The summed E-state index contributed by atoms with van der Waals surface area (Å²) in [6.45, 7) is 0.799. The highest BCUT2D eigenvalue weighted by Gasteiger charge is 2.21. The zero-order valence-corrected chi connectivity index (χ0v) is 9.14. The third kappa shape index (κ3) is 2.11. The molecule has 0 radical (unpaired) electrons. The first-order chi connectivity index (χ1) is 6.92. The lowest BCUT2D eigenvalue weighted by Crippen LogP contribution is -2.20. The Kier molecular flexibility index (Phi) is 3.45. The van der Waals surface area contributed by atoms with Gasteiger partial charge in [-0.3, -0.25) is 0 Å². The van der Waals surface area contributed by atoms with Crippen LogP contribution in [0.5, 0.6) is 0 Å². The van der Waals surface area contributed by atoms with Crippen molar-refractivity contribution in [3.05, 3.63) is 35.4 Å². The Morgan fingerprint density at radius 1 is 1.43 bits per heavy atom. The van der Waals surface area contributed by atoms with Gasteiger partial charge in [-0.1, -0.05) is 24.3 Å². The fourth-order valence-corrected chi connectivity index (χ4v) is 2.49. The monoisotopic (exact) mass is 209 g/mol. The van der Waals surface area contributed by atoms with Crippen LogP contribution in [0.4, 0.5) is 0 Å². The number of hydrogen-bond donors (Lipinski definition) is 1. The van der Waals surface area contributed by atoms with Crippen molar-refractivity contribution < 1.29 is 4.84 Å². The molecular weight excluding hydrogens is 194 g/mol. The van der Waals surface area contributed by atoms with Gasteiger partial charge in [-0.2, -0.15) is 17.2 Å². The molecule has 0 bridgehead atoms. The molecule has 0 aromatic heterocycles. The Bertz CT molecular complexity index is 299. The van der Waals surface area contributed by atoms with Gasteiger partial charge in [0.2, 0.25) is 0 Å². The van der Waals surface area contributed by atoms with Crippen LogP contribution in [-0.4, -0.2) is 18.6 Å². The first-order valence-electron chi connectivity index (χ1n) is 4.83. The van der Waals surface area contributed by atoms with E-state index in [-0.39, 0.29) is 0 Å². The lowest BCUT2D eigenvalue weighted by atomic mass is 9.96. The molecular formula is C11H15NOS. The van der Waals surface area contributed by atoms with Crippen molar-refractivity contribution in [2.24, 2.45) is 0 Å². The van der Waals surface area contributed by atoms with Crippen LogP contribution in [0.15, 0.2) is 24.3 Å². The van der Waals surface area contributed by atoms with Gasteiger partial charge in [0.1, 0.15) is 0 Å². The molecule has 1 aromatic carbocycles. The number of thioether (sulfide) groups is 1. The molecule has 1 aliphatic heterocycles. The first kappa shape index (κ1) is 10.0. The maximum absolute atomic E-state index is 4.88. The summed E-state index contributed by atoms with van der Waals surface area (Å²) in [7, 11) is 1.65. The minimum absolute atomic E-state index is 0.759. The van der Waals surface area contributed by atoms with Gasteiger partial charge in [0.05, 0.1) is 7.11 Å². The van der Waals surface area contributed by atoms with Crippen molar-refractivity contribution >= 4 is 11.8 Å². The Morgan fingerprint density at radius 2 is 2.21 bits per heavy atom. The molecule has 0 saturated carbocycles. The zero-order chi connectivity index (χ0) is 9.80. The SMILES string of the molecule is CONCc1ccccc1C1CSC1. The van der Waals surface area contributed by atoms with E-state index < -0.39 is 0 Å². The van der Waals surface area contributed by atoms with Crippen molar-refractivity contribution in [1.82, 2.24) is 5.48 Å². The average Bonchev–Trinajstić information content (AvgIpc) is 2.14. The molecule has 76 valence electrons. The Hall–Kier alpha value is -0.510. The van der Waals surface area contributed by atoms with Crippen LogP contribution in [0.25, 0.3) is 0 Å². The summed E-state index contributed by atoms with van der Waals surface area (Å²) in [6, 6.07) is 8.61. The summed E-state index contributed by atoms with van der Waals surface area (Å²) >= 11 is 2.02. The van der Waals surface area contributed by atoms with Gasteiger partial charge in [-0.25, -0.2) is 0 Å². The van der Waals surface area contributed by atoms with Crippen molar-refractivity contribution in [3.8, 4) is 0 Å². The molecule has 2 nitrogen and oxygen atoms in total. The van der Waals surface area contributed by atoms with Crippen molar-refractivity contribution in [2.45, 2.75) is 12.5 Å². The van der Waals surface area contributed by atoms with Crippen molar-refractivity contribution in [1.29, 1.82) is 0 Å². The molecule has 0 atom stereocenters. The highest BCUT2D eigenvalue weighted by Crippen LogP contribution is 2.35.